The fourth-order valence-electron chi connectivity index (χ4n) is 8.97. The molecule has 4 nitrogen and oxygen atoms in total. The van der Waals surface area contributed by atoms with Gasteiger partial charge in [-0.3, -0.25) is 4.57 Å². The molecule has 0 spiro atoms. The molecule has 62 heavy (non-hydrogen) atoms. The predicted molar refractivity (Wildman–Crippen MR) is 256 cm³/mol. The van der Waals surface area contributed by atoms with Gasteiger partial charge in [-0.15, -0.1) is 0 Å². The molecule has 0 aliphatic carbocycles. The highest BCUT2D eigenvalue weighted by molar-refractivity contribution is 6.11. The molecule has 12 rings (SSSR count). The molecule has 4 heteroatoms. The maximum Gasteiger partial charge on any atom is 0.235 e. The Morgan fingerprint density at radius 3 is 1.48 bits per heavy atom. The van der Waals surface area contributed by atoms with E-state index in [2.05, 4.69) is 205 Å². The van der Waals surface area contributed by atoms with Crippen molar-refractivity contribution in [1.29, 1.82) is 0 Å². The van der Waals surface area contributed by atoms with Crippen LogP contribution in [0.25, 0.3) is 117 Å². The molecule has 290 valence electrons. The molecule has 0 amide bonds. The van der Waals surface area contributed by atoms with E-state index >= 15 is 0 Å². The van der Waals surface area contributed by atoms with Crippen LogP contribution < -0.4 is 0 Å². The van der Waals surface area contributed by atoms with Gasteiger partial charge in [-0.25, -0.2) is 9.97 Å². The third-order valence-electron chi connectivity index (χ3n) is 12.1. The summed E-state index contributed by atoms with van der Waals surface area (Å²) >= 11 is 0. The molecule has 3 heterocycles. The van der Waals surface area contributed by atoms with Crippen LogP contribution in [0.15, 0.2) is 229 Å². The molecule has 0 N–H and O–H groups in total. The summed E-state index contributed by atoms with van der Waals surface area (Å²) in [5.41, 5.74) is 16.8. The van der Waals surface area contributed by atoms with Crippen LogP contribution in [0.5, 0.6) is 0 Å². The minimum Gasteiger partial charge on any atom is -0.455 e. The van der Waals surface area contributed by atoms with Crippen molar-refractivity contribution in [3.63, 3.8) is 0 Å². The molecule has 9 aromatic carbocycles. The number of hydrogen-bond acceptors (Lipinski definition) is 3. The van der Waals surface area contributed by atoms with Crippen LogP contribution in [0.3, 0.4) is 0 Å². The normalized spacial score (nSPS) is 11.5. The lowest BCUT2D eigenvalue weighted by atomic mass is 9.97. The first kappa shape index (κ1) is 35.6. The summed E-state index contributed by atoms with van der Waals surface area (Å²) in [7, 11) is 0. The van der Waals surface area contributed by atoms with Gasteiger partial charge in [-0.05, 0) is 75.3 Å². The van der Waals surface area contributed by atoms with Crippen LogP contribution in [0.4, 0.5) is 0 Å². The van der Waals surface area contributed by atoms with Crippen LogP contribution in [0.1, 0.15) is 0 Å². The Hall–Kier alpha value is -8.34. The van der Waals surface area contributed by atoms with Gasteiger partial charge in [-0.2, -0.15) is 0 Å². The minimum absolute atomic E-state index is 0.622. The molecular formula is C58H37N3O. The van der Waals surface area contributed by atoms with Crippen molar-refractivity contribution in [3.05, 3.63) is 224 Å². The molecule has 0 atom stereocenters. The summed E-state index contributed by atoms with van der Waals surface area (Å²) in [6.07, 6.45) is 0. The van der Waals surface area contributed by atoms with E-state index in [-0.39, 0.29) is 0 Å². The molecule has 0 aliphatic heterocycles. The van der Waals surface area contributed by atoms with Crippen LogP contribution in [0.2, 0.25) is 0 Å². The van der Waals surface area contributed by atoms with Gasteiger partial charge >= 0.3 is 0 Å². The summed E-state index contributed by atoms with van der Waals surface area (Å²) in [4.78, 5) is 10.7. The quantitative estimate of drug-likeness (QED) is 0.161. The smallest absolute Gasteiger partial charge is 0.235 e. The number of nitrogens with zero attached hydrogens (tertiary/aromatic N) is 3. The Kier molecular flexibility index (Phi) is 8.46. The lowest BCUT2D eigenvalue weighted by Crippen LogP contribution is -2.04. The maximum absolute atomic E-state index is 6.44. The van der Waals surface area contributed by atoms with Crippen molar-refractivity contribution < 1.29 is 4.42 Å². The van der Waals surface area contributed by atoms with Crippen LogP contribution in [-0.2, 0) is 0 Å². The van der Waals surface area contributed by atoms with Gasteiger partial charge in [0.25, 0.3) is 0 Å². The average Bonchev–Trinajstić information content (AvgIpc) is 3.90. The Morgan fingerprint density at radius 2 is 0.790 bits per heavy atom. The Bertz CT molecular complexity index is 3500. The van der Waals surface area contributed by atoms with Gasteiger partial charge in [0.2, 0.25) is 5.95 Å². The summed E-state index contributed by atoms with van der Waals surface area (Å²) in [6.45, 7) is 0. The van der Waals surface area contributed by atoms with E-state index in [4.69, 9.17) is 14.4 Å². The van der Waals surface area contributed by atoms with Crippen LogP contribution in [-0.4, -0.2) is 14.5 Å². The van der Waals surface area contributed by atoms with Crippen molar-refractivity contribution in [2.75, 3.05) is 0 Å². The largest absolute Gasteiger partial charge is 0.455 e. The van der Waals surface area contributed by atoms with E-state index in [9.17, 15) is 0 Å². The topological polar surface area (TPSA) is 43.9 Å². The van der Waals surface area contributed by atoms with Gasteiger partial charge in [-0.1, -0.05) is 188 Å². The predicted octanol–water partition coefficient (Wildman–Crippen LogP) is 15.5. The number of fused-ring (bicyclic) bond motifs is 6. The van der Waals surface area contributed by atoms with Gasteiger partial charge in [0, 0.05) is 38.2 Å². The lowest BCUT2D eigenvalue weighted by molar-refractivity contribution is 0.670. The number of aromatic nitrogens is 3. The second kappa shape index (κ2) is 14.7. The third-order valence-corrected chi connectivity index (χ3v) is 12.1. The van der Waals surface area contributed by atoms with E-state index in [0.717, 1.165) is 99.6 Å². The standard InChI is InChI=1S/C58H37N3O/c1-3-13-38(14-4-1)40-25-29-42(30-26-40)52-37-53(43-31-27-41(28-32-43)39-15-5-2-6-16-39)60-58(59-52)61-54-23-9-7-19-48(54)51-36-45(33-34-55(51)61)44-17-11-18-46(35-44)47-21-12-22-50-49-20-8-10-24-56(49)62-57(47)50/h1-37H. The molecule has 3 aromatic heterocycles. The zero-order valence-electron chi connectivity index (χ0n) is 33.6. The van der Waals surface area contributed by atoms with Gasteiger partial charge < -0.3 is 4.42 Å². The molecule has 0 fully saturated rings. The van der Waals surface area contributed by atoms with Crippen molar-refractivity contribution in [2.45, 2.75) is 0 Å². The monoisotopic (exact) mass is 791 g/mol. The molecule has 12 aromatic rings. The van der Waals surface area contributed by atoms with Crippen molar-refractivity contribution in [2.24, 2.45) is 0 Å². The highest BCUT2D eigenvalue weighted by Gasteiger charge is 2.19. The fraction of sp³-hybridized carbons (Fsp3) is 0. The van der Waals surface area contributed by atoms with Gasteiger partial charge in [0.1, 0.15) is 11.2 Å². The molecule has 0 bridgehead atoms. The molecule has 0 radical (unpaired) electrons. The second-order valence-corrected chi connectivity index (χ2v) is 15.8. The lowest BCUT2D eigenvalue weighted by Gasteiger charge is -2.13. The molecule has 0 saturated carbocycles. The van der Waals surface area contributed by atoms with Crippen molar-refractivity contribution in [3.8, 4) is 73.0 Å². The first-order valence-electron chi connectivity index (χ1n) is 21.0. The first-order chi connectivity index (χ1) is 30.7. The van der Waals surface area contributed by atoms with Gasteiger partial charge in [0.15, 0.2) is 0 Å². The van der Waals surface area contributed by atoms with E-state index in [1.54, 1.807) is 0 Å². The molecule has 0 aliphatic rings. The van der Waals surface area contributed by atoms with Crippen molar-refractivity contribution in [1.82, 2.24) is 14.5 Å². The maximum atomic E-state index is 6.44. The van der Waals surface area contributed by atoms with Crippen LogP contribution in [0, 0.1) is 0 Å². The summed E-state index contributed by atoms with van der Waals surface area (Å²) < 4.78 is 8.66. The highest BCUT2D eigenvalue weighted by atomic mass is 16.3. The van der Waals surface area contributed by atoms with Gasteiger partial charge in [0.05, 0.1) is 22.4 Å². The zero-order chi connectivity index (χ0) is 41.0. The third kappa shape index (κ3) is 6.16. The average molecular weight is 792 g/mol. The second-order valence-electron chi connectivity index (χ2n) is 15.8. The fourth-order valence-corrected chi connectivity index (χ4v) is 8.97. The Balaban J connectivity index is 0.991. The van der Waals surface area contributed by atoms with Crippen LogP contribution >= 0.6 is 0 Å². The van der Waals surface area contributed by atoms with Crippen molar-refractivity contribution >= 4 is 43.7 Å². The summed E-state index contributed by atoms with van der Waals surface area (Å²) in [5.74, 6) is 0.622. The van der Waals surface area contributed by atoms with E-state index in [1.807, 2.05) is 24.3 Å². The first-order valence-corrected chi connectivity index (χ1v) is 21.0. The zero-order valence-corrected chi connectivity index (χ0v) is 33.6. The van der Waals surface area contributed by atoms with E-state index in [1.165, 1.54) is 11.1 Å². The Morgan fingerprint density at radius 1 is 0.306 bits per heavy atom. The number of para-hydroxylation sites is 3. The number of furan rings is 1. The summed E-state index contributed by atoms with van der Waals surface area (Å²) in [6, 6.07) is 79.2. The molecule has 0 saturated heterocycles. The Labute approximate surface area is 358 Å². The van der Waals surface area contributed by atoms with E-state index in [0.29, 0.717) is 5.95 Å². The minimum atomic E-state index is 0.622. The number of rotatable bonds is 7. The highest BCUT2D eigenvalue weighted by Crippen LogP contribution is 2.39. The van der Waals surface area contributed by atoms with E-state index < -0.39 is 0 Å². The number of benzene rings is 9. The summed E-state index contributed by atoms with van der Waals surface area (Å²) in [5, 5.41) is 4.53. The molecular weight excluding hydrogens is 755 g/mol. The molecule has 0 unspecified atom stereocenters. The SMILES string of the molecule is c1ccc(-c2ccc(-c3cc(-c4ccc(-c5ccccc5)cc4)nc(-n4c5ccccc5c5cc(-c6cccc(-c7cccc8c7oc7ccccc78)c6)ccc54)n3)cc2)cc1. The number of hydrogen-bond donors (Lipinski definition) is 0.